The van der Waals surface area contributed by atoms with Crippen molar-refractivity contribution in [2.24, 2.45) is 5.92 Å². The van der Waals surface area contributed by atoms with E-state index in [9.17, 15) is 9.90 Å². The summed E-state index contributed by atoms with van der Waals surface area (Å²) in [6, 6.07) is 9.78. The summed E-state index contributed by atoms with van der Waals surface area (Å²) in [6.07, 6.45) is 4.38. The van der Waals surface area contributed by atoms with Crippen LogP contribution < -0.4 is 0 Å². The molecular formula is C21H26N2O2S. The Kier molecular flexibility index (Phi) is 5.77. The summed E-state index contributed by atoms with van der Waals surface area (Å²) in [5.74, 6) is 0.639. The van der Waals surface area contributed by atoms with Crippen molar-refractivity contribution in [1.29, 1.82) is 0 Å². The van der Waals surface area contributed by atoms with Crippen LogP contribution in [0, 0.1) is 5.92 Å². The van der Waals surface area contributed by atoms with Gasteiger partial charge in [-0.2, -0.15) is 0 Å². The molecule has 26 heavy (non-hydrogen) atoms. The zero-order valence-electron chi connectivity index (χ0n) is 15.6. The van der Waals surface area contributed by atoms with E-state index in [-0.39, 0.29) is 5.56 Å². The van der Waals surface area contributed by atoms with Gasteiger partial charge >= 0.3 is 5.97 Å². The Balaban J connectivity index is 2.05. The van der Waals surface area contributed by atoms with Gasteiger partial charge in [-0.3, -0.25) is 0 Å². The summed E-state index contributed by atoms with van der Waals surface area (Å²) in [7, 11) is 0. The number of nitrogens with zero attached hydrogens (tertiary/aromatic N) is 2. The van der Waals surface area contributed by atoms with Crippen LogP contribution >= 0.6 is 11.3 Å². The number of benzene rings is 1. The van der Waals surface area contributed by atoms with Gasteiger partial charge in [-0.1, -0.05) is 32.8 Å². The van der Waals surface area contributed by atoms with E-state index < -0.39 is 5.97 Å². The van der Waals surface area contributed by atoms with Crippen molar-refractivity contribution in [3.8, 4) is 0 Å². The van der Waals surface area contributed by atoms with E-state index in [1.54, 1.807) is 23.5 Å². The van der Waals surface area contributed by atoms with Gasteiger partial charge in [0.2, 0.25) is 0 Å². The molecule has 0 bridgehead atoms. The third kappa shape index (κ3) is 3.83. The Bertz CT molecular complexity index is 883. The van der Waals surface area contributed by atoms with E-state index in [0.29, 0.717) is 12.0 Å². The molecule has 0 spiro atoms. The maximum absolute atomic E-state index is 11.3. The third-order valence-corrected chi connectivity index (χ3v) is 6.04. The number of thiophene rings is 1. The predicted octanol–water partition coefficient (Wildman–Crippen LogP) is 5.77. The largest absolute Gasteiger partial charge is 0.478 e. The summed E-state index contributed by atoms with van der Waals surface area (Å²) in [4.78, 5) is 17.4. The molecule has 2 heterocycles. The lowest BCUT2D eigenvalue weighted by molar-refractivity contribution is 0.0697. The van der Waals surface area contributed by atoms with E-state index in [2.05, 4.69) is 42.9 Å². The van der Waals surface area contributed by atoms with Crippen LogP contribution in [0.2, 0.25) is 0 Å². The first-order valence-corrected chi connectivity index (χ1v) is 10.2. The maximum Gasteiger partial charge on any atom is 0.335 e. The molecule has 1 N–H and O–H groups in total. The lowest BCUT2D eigenvalue weighted by Gasteiger charge is -2.24. The predicted molar refractivity (Wildman–Crippen MR) is 107 cm³/mol. The van der Waals surface area contributed by atoms with Crippen LogP contribution in [0.15, 0.2) is 35.7 Å². The molecule has 0 fully saturated rings. The highest BCUT2D eigenvalue weighted by Crippen LogP contribution is 2.30. The van der Waals surface area contributed by atoms with Gasteiger partial charge in [0.05, 0.1) is 16.6 Å². The molecule has 0 saturated heterocycles. The molecule has 1 aromatic carbocycles. The zero-order chi connectivity index (χ0) is 18.7. The van der Waals surface area contributed by atoms with Crippen LogP contribution in [-0.4, -0.2) is 20.6 Å². The number of hydrogen-bond acceptors (Lipinski definition) is 3. The second-order valence-electron chi connectivity index (χ2n) is 7.02. The number of unbranched alkanes of at least 4 members (excludes halogenated alkanes) is 1. The standard InChI is InChI=1S/C21H26N2O2S/c1-4-5-7-14(2)15(3)23-19-10-9-16(21(24)25)12-18(19)22-20(23)13-17-8-6-11-26-17/h6,8-12,14-15H,4-5,7,13H2,1-3H3,(H,24,25)/t14-,15?/m1/s1. The molecule has 5 heteroatoms. The van der Waals surface area contributed by atoms with Gasteiger partial charge in [0, 0.05) is 17.3 Å². The normalized spacial score (nSPS) is 13.8. The van der Waals surface area contributed by atoms with Crippen molar-refractivity contribution in [3.63, 3.8) is 0 Å². The number of carbonyl (C=O) groups is 1. The lowest BCUT2D eigenvalue weighted by atomic mass is 9.96. The monoisotopic (exact) mass is 370 g/mol. The first kappa shape index (κ1) is 18.6. The highest BCUT2D eigenvalue weighted by atomic mass is 32.1. The Morgan fingerprint density at radius 1 is 1.31 bits per heavy atom. The fourth-order valence-corrected chi connectivity index (χ4v) is 4.15. The molecule has 1 unspecified atom stereocenters. The molecule has 138 valence electrons. The van der Waals surface area contributed by atoms with Crippen molar-refractivity contribution in [1.82, 2.24) is 9.55 Å². The fourth-order valence-electron chi connectivity index (χ4n) is 3.45. The summed E-state index contributed by atoms with van der Waals surface area (Å²) in [5, 5.41) is 11.4. The second-order valence-corrected chi connectivity index (χ2v) is 8.06. The SMILES string of the molecule is CCCC[C@@H](C)C(C)n1c(Cc2cccs2)nc2cc(C(=O)O)ccc21. The minimum absolute atomic E-state index is 0.288. The zero-order valence-corrected chi connectivity index (χ0v) is 16.4. The molecule has 2 aromatic heterocycles. The molecule has 4 nitrogen and oxygen atoms in total. The molecule has 0 aliphatic heterocycles. The Hall–Kier alpha value is -2.14. The van der Waals surface area contributed by atoms with Crippen LogP contribution in [0.3, 0.4) is 0 Å². The second kappa shape index (κ2) is 8.04. The van der Waals surface area contributed by atoms with E-state index in [4.69, 9.17) is 4.98 Å². The topological polar surface area (TPSA) is 55.1 Å². The van der Waals surface area contributed by atoms with Gasteiger partial charge in [0.15, 0.2) is 0 Å². The number of hydrogen-bond donors (Lipinski definition) is 1. The Morgan fingerprint density at radius 3 is 2.77 bits per heavy atom. The first-order chi connectivity index (χ1) is 12.5. The van der Waals surface area contributed by atoms with Gasteiger partial charge in [0.25, 0.3) is 0 Å². The molecular weight excluding hydrogens is 344 g/mol. The molecule has 2 atom stereocenters. The Morgan fingerprint density at radius 2 is 2.12 bits per heavy atom. The number of rotatable bonds is 8. The molecule has 0 saturated carbocycles. The average molecular weight is 371 g/mol. The maximum atomic E-state index is 11.3. The van der Waals surface area contributed by atoms with Crippen LogP contribution in [-0.2, 0) is 6.42 Å². The van der Waals surface area contributed by atoms with Crippen LogP contribution in [0.1, 0.15) is 67.1 Å². The minimum Gasteiger partial charge on any atom is -0.478 e. The summed E-state index contributed by atoms with van der Waals surface area (Å²) >= 11 is 1.73. The molecule has 0 aliphatic carbocycles. The number of imidazole rings is 1. The van der Waals surface area contributed by atoms with Crippen LogP contribution in [0.5, 0.6) is 0 Å². The minimum atomic E-state index is -0.911. The Labute approximate surface area is 158 Å². The summed E-state index contributed by atoms with van der Waals surface area (Å²) in [5.41, 5.74) is 2.08. The highest BCUT2D eigenvalue weighted by molar-refractivity contribution is 7.09. The van der Waals surface area contributed by atoms with E-state index in [1.807, 2.05) is 6.07 Å². The van der Waals surface area contributed by atoms with Gasteiger partial charge in [-0.15, -0.1) is 11.3 Å². The number of carboxylic acids is 1. The smallest absolute Gasteiger partial charge is 0.335 e. The number of fused-ring (bicyclic) bond motifs is 1. The van der Waals surface area contributed by atoms with E-state index in [0.717, 1.165) is 23.3 Å². The molecule has 3 aromatic rings. The van der Waals surface area contributed by atoms with Gasteiger partial charge in [-0.05, 0) is 48.9 Å². The molecule has 0 amide bonds. The summed E-state index contributed by atoms with van der Waals surface area (Å²) in [6.45, 7) is 6.77. The average Bonchev–Trinajstić information content (AvgIpc) is 3.25. The lowest BCUT2D eigenvalue weighted by Crippen LogP contribution is -2.17. The van der Waals surface area contributed by atoms with E-state index >= 15 is 0 Å². The van der Waals surface area contributed by atoms with Gasteiger partial charge < -0.3 is 9.67 Å². The third-order valence-electron chi connectivity index (χ3n) is 5.17. The molecule has 3 rings (SSSR count). The highest BCUT2D eigenvalue weighted by Gasteiger charge is 2.21. The van der Waals surface area contributed by atoms with Crippen molar-refractivity contribution >= 4 is 28.3 Å². The molecule has 0 radical (unpaired) electrons. The fraction of sp³-hybridized carbons (Fsp3) is 0.429. The summed E-state index contributed by atoms with van der Waals surface area (Å²) < 4.78 is 2.32. The number of carboxylic acid groups (broad SMARTS) is 1. The molecule has 0 aliphatic rings. The van der Waals surface area contributed by atoms with Crippen LogP contribution in [0.4, 0.5) is 0 Å². The quantitative estimate of drug-likeness (QED) is 0.547. The van der Waals surface area contributed by atoms with Crippen molar-refractivity contribution < 1.29 is 9.90 Å². The van der Waals surface area contributed by atoms with Crippen LogP contribution in [0.25, 0.3) is 11.0 Å². The van der Waals surface area contributed by atoms with Gasteiger partial charge in [0.1, 0.15) is 5.82 Å². The number of aromatic carboxylic acids is 1. The van der Waals surface area contributed by atoms with Gasteiger partial charge in [-0.25, -0.2) is 9.78 Å². The van der Waals surface area contributed by atoms with Crippen molar-refractivity contribution in [3.05, 3.63) is 52.0 Å². The van der Waals surface area contributed by atoms with Crippen molar-refractivity contribution in [2.75, 3.05) is 0 Å². The van der Waals surface area contributed by atoms with E-state index in [1.165, 1.54) is 24.1 Å². The first-order valence-electron chi connectivity index (χ1n) is 9.27. The van der Waals surface area contributed by atoms with Crippen molar-refractivity contribution in [2.45, 2.75) is 52.5 Å². The number of aromatic nitrogens is 2.